The van der Waals surface area contributed by atoms with Gasteiger partial charge in [0.05, 0.1) is 33.1 Å². The molecule has 0 amide bonds. The van der Waals surface area contributed by atoms with Gasteiger partial charge in [-0.15, -0.1) is 0 Å². The van der Waals surface area contributed by atoms with Crippen molar-refractivity contribution in [3.8, 4) is 6.07 Å². The number of nitriles is 1. The standard InChI is InChI=1S/C9H9N.C8H15NO4/c10-8-4-7-9-5-2-1-3-6-9;1-12-7(10)3-5-9-6-4-8(11)13-2/h1-3,5-6H,4,7H2;9H,3-6H2,1-2H3. The summed E-state index contributed by atoms with van der Waals surface area (Å²) in [6, 6.07) is 12.2. The van der Waals surface area contributed by atoms with E-state index in [2.05, 4.69) is 20.9 Å². The second-order valence-electron chi connectivity index (χ2n) is 4.55. The number of carbonyl (C=O) groups excluding carboxylic acids is 2. The van der Waals surface area contributed by atoms with Gasteiger partial charge in [0.1, 0.15) is 0 Å². The number of ether oxygens (including phenoxy) is 2. The number of carbonyl (C=O) groups is 2. The fourth-order valence-electron chi connectivity index (χ4n) is 1.55. The molecular weight excluding hydrogens is 296 g/mol. The van der Waals surface area contributed by atoms with E-state index in [-0.39, 0.29) is 11.9 Å². The Labute approximate surface area is 137 Å². The molecule has 0 fully saturated rings. The second-order valence-corrected chi connectivity index (χ2v) is 4.55. The van der Waals surface area contributed by atoms with Crippen LogP contribution in [-0.4, -0.2) is 39.2 Å². The molecule has 0 aliphatic rings. The molecule has 1 N–H and O–H groups in total. The van der Waals surface area contributed by atoms with Crippen molar-refractivity contribution >= 4 is 11.9 Å². The van der Waals surface area contributed by atoms with Crippen molar-refractivity contribution < 1.29 is 19.1 Å². The maximum absolute atomic E-state index is 10.6. The zero-order valence-electron chi connectivity index (χ0n) is 13.7. The SMILES string of the molecule is COC(=O)CCNCCC(=O)OC.N#CCCc1ccccc1. The number of hydrogen-bond acceptors (Lipinski definition) is 6. The average Bonchev–Trinajstić information content (AvgIpc) is 2.60. The molecule has 0 aromatic heterocycles. The van der Waals surface area contributed by atoms with Crippen LogP contribution in [0.1, 0.15) is 24.8 Å². The minimum absolute atomic E-state index is 0.259. The predicted octanol–water partition coefficient (Wildman–Crippen LogP) is 1.84. The summed E-state index contributed by atoms with van der Waals surface area (Å²) in [5.41, 5.74) is 1.24. The van der Waals surface area contributed by atoms with Gasteiger partial charge in [-0.25, -0.2) is 0 Å². The van der Waals surface area contributed by atoms with E-state index in [1.165, 1.54) is 19.8 Å². The van der Waals surface area contributed by atoms with Crippen molar-refractivity contribution in [2.24, 2.45) is 0 Å². The van der Waals surface area contributed by atoms with E-state index >= 15 is 0 Å². The quantitative estimate of drug-likeness (QED) is 0.581. The number of nitrogens with zero attached hydrogens (tertiary/aromatic N) is 1. The molecular formula is C17H24N2O4. The Morgan fingerprint density at radius 3 is 2.00 bits per heavy atom. The minimum atomic E-state index is -0.259. The summed E-state index contributed by atoms with van der Waals surface area (Å²) in [6.07, 6.45) is 2.12. The number of nitrogens with one attached hydrogen (secondary N) is 1. The second kappa shape index (κ2) is 14.5. The van der Waals surface area contributed by atoms with Gasteiger partial charge in [-0.3, -0.25) is 9.59 Å². The molecule has 0 atom stereocenters. The highest BCUT2D eigenvalue weighted by molar-refractivity contribution is 5.70. The van der Waals surface area contributed by atoms with Crippen molar-refractivity contribution in [2.75, 3.05) is 27.3 Å². The predicted molar refractivity (Wildman–Crippen MR) is 86.5 cm³/mol. The van der Waals surface area contributed by atoms with E-state index in [0.717, 1.165) is 6.42 Å². The van der Waals surface area contributed by atoms with E-state index in [9.17, 15) is 9.59 Å². The van der Waals surface area contributed by atoms with E-state index in [1.807, 2.05) is 30.3 Å². The molecule has 0 aliphatic heterocycles. The Balaban J connectivity index is 0.000000433. The van der Waals surface area contributed by atoms with E-state index in [0.29, 0.717) is 32.4 Å². The van der Waals surface area contributed by atoms with Gasteiger partial charge in [-0.1, -0.05) is 30.3 Å². The highest BCUT2D eigenvalue weighted by atomic mass is 16.5. The van der Waals surface area contributed by atoms with E-state index in [4.69, 9.17) is 5.26 Å². The lowest BCUT2D eigenvalue weighted by Gasteiger charge is -2.02. The Kier molecular flexibility index (Phi) is 13.0. The Morgan fingerprint density at radius 2 is 1.57 bits per heavy atom. The smallest absolute Gasteiger partial charge is 0.306 e. The molecule has 0 unspecified atom stereocenters. The third kappa shape index (κ3) is 13.0. The van der Waals surface area contributed by atoms with Crippen LogP contribution in [-0.2, 0) is 25.5 Å². The van der Waals surface area contributed by atoms with Crippen molar-refractivity contribution in [3.05, 3.63) is 35.9 Å². The molecule has 1 aromatic carbocycles. The van der Waals surface area contributed by atoms with Crippen LogP contribution >= 0.6 is 0 Å². The van der Waals surface area contributed by atoms with E-state index in [1.54, 1.807) is 0 Å². The first kappa shape index (κ1) is 20.6. The summed E-state index contributed by atoms with van der Waals surface area (Å²) < 4.78 is 8.86. The summed E-state index contributed by atoms with van der Waals surface area (Å²) >= 11 is 0. The summed E-state index contributed by atoms with van der Waals surface area (Å²) in [5, 5.41) is 11.2. The Bertz CT molecular complexity index is 465. The van der Waals surface area contributed by atoms with Gasteiger partial charge in [0, 0.05) is 19.5 Å². The van der Waals surface area contributed by atoms with Crippen LogP contribution in [0.15, 0.2) is 30.3 Å². The third-order valence-corrected chi connectivity index (χ3v) is 2.84. The van der Waals surface area contributed by atoms with Gasteiger partial charge in [0.25, 0.3) is 0 Å². The van der Waals surface area contributed by atoms with Crippen molar-refractivity contribution in [1.29, 1.82) is 5.26 Å². The van der Waals surface area contributed by atoms with Crippen LogP contribution < -0.4 is 5.32 Å². The summed E-state index contributed by atoms with van der Waals surface area (Å²) in [7, 11) is 2.69. The van der Waals surface area contributed by atoms with Gasteiger partial charge < -0.3 is 14.8 Å². The molecule has 0 saturated heterocycles. The minimum Gasteiger partial charge on any atom is -0.469 e. The largest absolute Gasteiger partial charge is 0.469 e. The number of hydrogen-bond donors (Lipinski definition) is 1. The van der Waals surface area contributed by atoms with Gasteiger partial charge in [-0.05, 0) is 12.0 Å². The van der Waals surface area contributed by atoms with Crippen LogP contribution in [0.3, 0.4) is 0 Å². The van der Waals surface area contributed by atoms with Crippen LogP contribution in [0.5, 0.6) is 0 Å². The monoisotopic (exact) mass is 320 g/mol. The molecule has 0 saturated carbocycles. The van der Waals surface area contributed by atoms with Crippen LogP contribution in [0.2, 0.25) is 0 Å². The zero-order valence-corrected chi connectivity index (χ0v) is 13.7. The average molecular weight is 320 g/mol. The number of benzene rings is 1. The number of aryl methyl sites for hydroxylation is 1. The fourth-order valence-corrected chi connectivity index (χ4v) is 1.55. The number of methoxy groups -OCH3 is 2. The van der Waals surface area contributed by atoms with Crippen molar-refractivity contribution in [2.45, 2.75) is 25.7 Å². The summed E-state index contributed by atoms with van der Waals surface area (Å²) in [4.78, 5) is 21.2. The molecule has 0 spiro atoms. The van der Waals surface area contributed by atoms with Crippen molar-refractivity contribution in [3.63, 3.8) is 0 Å². The molecule has 0 aliphatic carbocycles. The first-order valence-electron chi connectivity index (χ1n) is 7.39. The molecule has 6 nitrogen and oxygen atoms in total. The summed E-state index contributed by atoms with van der Waals surface area (Å²) in [6.45, 7) is 1.04. The Hall–Kier alpha value is -2.39. The number of esters is 2. The molecule has 0 heterocycles. The first-order valence-corrected chi connectivity index (χ1v) is 7.39. The van der Waals surface area contributed by atoms with Crippen LogP contribution in [0, 0.1) is 11.3 Å². The van der Waals surface area contributed by atoms with Gasteiger partial charge in [-0.2, -0.15) is 5.26 Å². The highest BCUT2D eigenvalue weighted by Crippen LogP contribution is 2.00. The van der Waals surface area contributed by atoms with Crippen molar-refractivity contribution in [1.82, 2.24) is 5.32 Å². The lowest BCUT2D eigenvalue weighted by Crippen LogP contribution is -2.22. The van der Waals surface area contributed by atoms with Crippen LogP contribution in [0.4, 0.5) is 0 Å². The molecule has 0 radical (unpaired) electrons. The molecule has 1 rings (SSSR count). The third-order valence-electron chi connectivity index (χ3n) is 2.84. The first-order chi connectivity index (χ1) is 11.1. The fraction of sp³-hybridized carbons (Fsp3) is 0.471. The number of rotatable bonds is 8. The normalized spacial score (nSPS) is 9.09. The molecule has 126 valence electrons. The zero-order chi connectivity index (χ0) is 17.3. The lowest BCUT2D eigenvalue weighted by atomic mass is 10.1. The van der Waals surface area contributed by atoms with Gasteiger partial charge in [0.2, 0.25) is 0 Å². The molecule has 1 aromatic rings. The molecule has 0 bridgehead atoms. The van der Waals surface area contributed by atoms with Gasteiger partial charge in [0.15, 0.2) is 0 Å². The maximum Gasteiger partial charge on any atom is 0.306 e. The topological polar surface area (TPSA) is 88.4 Å². The lowest BCUT2D eigenvalue weighted by molar-refractivity contribution is -0.140. The van der Waals surface area contributed by atoms with E-state index < -0.39 is 0 Å². The van der Waals surface area contributed by atoms with Crippen LogP contribution in [0.25, 0.3) is 0 Å². The molecule has 23 heavy (non-hydrogen) atoms. The maximum atomic E-state index is 10.6. The Morgan fingerprint density at radius 1 is 1.04 bits per heavy atom. The van der Waals surface area contributed by atoms with Gasteiger partial charge >= 0.3 is 11.9 Å². The molecule has 6 heteroatoms. The summed E-state index contributed by atoms with van der Waals surface area (Å²) in [5.74, 6) is -0.517. The highest BCUT2D eigenvalue weighted by Gasteiger charge is 2.00.